The Morgan fingerprint density at radius 1 is 1.27 bits per heavy atom. The Labute approximate surface area is 180 Å². The highest BCUT2D eigenvalue weighted by Gasteiger charge is 2.27. The number of hydrogen-bond donors (Lipinski definition) is 1. The van der Waals surface area contributed by atoms with Gasteiger partial charge in [0.05, 0.1) is 35.5 Å². The van der Waals surface area contributed by atoms with Crippen LogP contribution in [0.25, 0.3) is 0 Å². The number of halogens is 1. The molecule has 0 radical (unpaired) electrons. The predicted octanol–water partition coefficient (Wildman–Crippen LogP) is 2.88. The van der Waals surface area contributed by atoms with Gasteiger partial charge >= 0.3 is 0 Å². The van der Waals surface area contributed by atoms with Crippen molar-refractivity contribution in [2.45, 2.75) is 12.8 Å². The van der Waals surface area contributed by atoms with Crippen LogP contribution in [0.4, 0.5) is 17.1 Å². The lowest BCUT2D eigenvalue weighted by atomic mass is 10.1. The molecular weight excluding hydrogens is 430 g/mol. The number of nitrogens with zero attached hydrogens (tertiary/aromatic N) is 2. The molecule has 1 N–H and O–H groups in total. The van der Waals surface area contributed by atoms with Crippen LogP contribution < -0.4 is 19.3 Å². The minimum atomic E-state index is -3.59. The van der Waals surface area contributed by atoms with E-state index in [9.17, 15) is 18.0 Å². The third kappa shape index (κ3) is 4.85. The fourth-order valence-corrected chi connectivity index (χ4v) is 4.47. The Morgan fingerprint density at radius 3 is 2.67 bits per heavy atom. The van der Waals surface area contributed by atoms with Gasteiger partial charge in [0, 0.05) is 13.0 Å². The molecule has 0 saturated heterocycles. The zero-order valence-electron chi connectivity index (χ0n) is 16.6. The van der Waals surface area contributed by atoms with Crippen molar-refractivity contribution in [3.8, 4) is 5.75 Å². The second-order valence-electron chi connectivity index (χ2n) is 6.80. The number of carbonyl (C=O) groups excluding carboxylic acids is 2. The number of carbonyl (C=O) groups is 2. The van der Waals surface area contributed by atoms with Gasteiger partial charge in [-0.15, -0.1) is 0 Å². The van der Waals surface area contributed by atoms with E-state index >= 15 is 0 Å². The Kier molecular flexibility index (Phi) is 6.52. The van der Waals surface area contributed by atoms with Crippen LogP contribution in [-0.2, 0) is 19.6 Å². The van der Waals surface area contributed by atoms with Crippen LogP contribution in [0.5, 0.6) is 5.75 Å². The molecule has 0 saturated carbocycles. The number of anilines is 3. The van der Waals surface area contributed by atoms with Crippen LogP contribution in [0.15, 0.2) is 42.5 Å². The fourth-order valence-electron chi connectivity index (χ4n) is 3.26. The zero-order chi connectivity index (χ0) is 21.9. The van der Waals surface area contributed by atoms with Crippen molar-refractivity contribution in [2.24, 2.45) is 0 Å². The molecule has 0 unspecified atom stereocenters. The average molecular weight is 452 g/mol. The Morgan fingerprint density at radius 2 is 2.00 bits per heavy atom. The summed E-state index contributed by atoms with van der Waals surface area (Å²) in [7, 11) is -2.12. The van der Waals surface area contributed by atoms with Crippen molar-refractivity contribution in [3.05, 3.63) is 47.5 Å². The summed E-state index contributed by atoms with van der Waals surface area (Å²) in [4.78, 5) is 26.1. The summed E-state index contributed by atoms with van der Waals surface area (Å²) in [6.07, 6.45) is 1.45. The van der Waals surface area contributed by atoms with E-state index in [0.29, 0.717) is 22.8 Å². The molecule has 2 amide bonds. The number of hydrogen-bond acceptors (Lipinski definition) is 5. The molecule has 3 rings (SSSR count). The molecule has 30 heavy (non-hydrogen) atoms. The van der Waals surface area contributed by atoms with Crippen LogP contribution in [-0.4, -0.2) is 46.7 Å². The fraction of sp³-hybridized carbons (Fsp3) is 0.300. The molecule has 8 nitrogen and oxygen atoms in total. The number of sulfonamides is 1. The molecule has 10 heteroatoms. The van der Waals surface area contributed by atoms with E-state index in [2.05, 4.69) is 5.32 Å². The summed E-state index contributed by atoms with van der Waals surface area (Å²) in [5.74, 6) is -0.0858. The Balaban J connectivity index is 1.71. The number of ether oxygens (including phenoxy) is 1. The number of methoxy groups -OCH3 is 1. The van der Waals surface area contributed by atoms with Gasteiger partial charge in [-0.1, -0.05) is 23.7 Å². The number of nitrogens with one attached hydrogen (secondary N) is 1. The van der Waals surface area contributed by atoms with E-state index in [1.165, 1.54) is 22.4 Å². The first-order valence-electron chi connectivity index (χ1n) is 9.21. The molecule has 0 bridgehead atoms. The molecular formula is C20H22ClN3O5S. The van der Waals surface area contributed by atoms with E-state index in [4.69, 9.17) is 16.3 Å². The van der Waals surface area contributed by atoms with Crippen molar-refractivity contribution in [2.75, 3.05) is 41.0 Å². The number of rotatable bonds is 7. The van der Waals surface area contributed by atoms with Crippen molar-refractivity contribution in [1.82, 2.24) is 0 Å². The van der Waals surface area contributed by atoms with E-state index in [-0.39, 0.29) is 42.8 Å². The van der Waals surface area contributed by atoms with Crippen LogP contribution in [0, 0.1) is 0 Å². The quantitative estimate of drug-likeness (QED) is 0.698. The van der Waals surface area contributed by atoms with Crippen LogP contribution in [0.1, 0.15) is 12.8 Å². The number of fused-ring (bicyclic) bond motifs is 1. The molecule has 0 fully saturated rings. The molecule has 160 valence electrons. The third-order valence-electron chi connectivity index (χ3n) is 4.65. The highest BCUT2D eigenvalue weighted by Crippen LogP contribution is 2.31. The van der Waals surface area contributed by atoms with Crippen LogP contribution in [0.3, 0.4) is 0 Å². The second kappa shape index (κ2) is 8.93. The maximum atomic E-state index is 12.8. The molecule has 0 aromatic heterocycles. The highest BCUT2D eigenvalue weighted by atomic mass is 35.5. The molecule has 0 aliphatic carbocycles. The molecule has 1 aliphatic heterocycles. The van der Waals surface area contributed by atoms with E-state index < -0.39 is 10.0 Å². The van der Waals surface area contributed by atoms with E-state index in [0.717, 1.165) is 6.26 Å². The van der Waals surface area contributed by atoms with Crippen molar-refractivity contribution in [3.63, 3.8) is 0 Å². The summed E-state index contributed by atoms with van der Waals surface area (Å²) < 4.78 is 30.9. The number of para-hydroxylation sites is 2. The van der Waals surface area contributed by atoms with Gasteiger partial charge in [0.2, 0.25) is 21.8 Å². The minimum Gasteiger partial charge on any atom is -0.495 e. The summed E-state index contributed by atoms with van der Waals surface area (Å²) in [6.45, 7) is 0.0225. The van der Waals surface area contributed by atoms with Crippen molar-refractivity contribution >= 4 is 50.5 Å². The maximum absolute atomic E-state index is 12.8. The number of amides is 2. The molecule has 0 spiro atoms. The van der Waals surface area contributed by atoms with Crippen molar-refractivity contribution in [1.29, 1.82) is 0 Å². The van der Waals surface area contributed by atoms with Gasteiger partial charge in [-0.25, -0.2) is 8.42 Å². The molecule has 1 heterocycles. The lowest BCUT2D eigenvalue weighted by Crippen LogP contribution is -2.42. The highest BCUT2D eigenvalue weighted by molar-refractivity contribution is 7.92. The molecule has 2 aromatic carbocycles. The van der Waals surface area contributed by atoms with E-state index in [1.54, 1.807) is 36.4 Å². The van der Waals surface area contributed by atoms with Gasteiger partial charge in [0.25, 0.3) is 0 Å². The average Bonchev–Trinajstić information content (AvgIpc) is 2.69. The first-order chi connectivity index (χ1) is 14.2. The second-order valence-corrected chi connectivity index (χ2v) is 9.12. The van der Waals surface area contributed by atoms with Crippen LogP contribution in [0.2, 0.25) is 5.02 Å². The maximum Gasteiger partial charge on any atom is 0.244 e. The monoisotopic (exact) mass is 451 g/mol. The van der Waals surface area contributed by atoms with Crippen molar-refractivity contribution < 1.29 is 22.7 Å². The summed E-state index contributed by atoms with van der Waals surface area (Å²) in [6, 6.07) is 11.7. The minimum absolute atomic E-state index is 0.0697. The largest absolute Gasteiger partial charge is 0.495 e. The number of benzene rings is 2. The normalized spacial score (nSPS) is 13.4. The first kappa shape index (κ1) is 21.9. The summed E-state index contributed by atoms with van der Waals surface area (Å²) in [5.41, 5.74) is 1.59. The van der Waals surface area contributed by atoms with Crippen LogP contribution >= 0.6 is 11.6 Å². The topological polar surface area (TPSA) is 96.0 Å². The van der Waals surface area contributed by atoms with Gasteiger partial charge in [0.1, 0.15) is 12.3 Å². The Hall–Kier alpha value is -2.78. The van der Waals surface area contributed by atoms with Gasteiger partial charge in [-0.05, 0) is 36.8 Å². The van der Waals surface area contributed by atoms with Gasteiger partial charge in [0.15, 0.2) is 0 Å². The van der Waals surface area contributed by atoms with Gasteiger partial charge in [-0.2, -0.15) is 0 Å². The zero-order valence-corrected chi connectivity index (χ0v) is 18.2. The third-order valence-corrected chi connectivity index (χ3v) is 6.14. The summed E-state index contributed by atoms with van der Waals surface area (Å²) >= 11 is 6.13. The van der Waals surface area contributed by atoms with Gasteiger partial charge < -0.3 is 15.0 Å². The first-order valence-corrected chi connectivity index (χ1v) is 11.4. The summed E-state index contributed by atoms with van der Waals surface area (Å²) in [5, 5.41) is 3.02. The molecule has 2 aromatic rings. The predicted molar refractivity (Wildman–Crippen MR) is 117 cm³/mol. The lowest BCUT2D eigenvalue weighted by molar-refractivity contribution is -0.121. The molecule has 1 aliphatic rings. The van der Waals surface area contributed by atoms with Gasteiger partial charge in [-0.3, -0.25) is 13.9 Å². The smallest absolute Gasteiger partial charge is 0.244 e. The SMILES string of the molecule is COc1ccc(N(CCCC(=O)N2CC(=O)Nc3ccccc32)S(C)(=O)=O)cc1Cl. The molecule has 0 atom stereocenters. The van der Waals surface area contributed by atoms with E-state index in [1.807, 2.05) is 0 Å². The standard InChI is InChI=1S/C20H22ClN3O5S/c1-29-18-10-9-14(12-15(18)21)24(30(2,27)28)11-5-8-20(26)23-13-19(25)22-16-6-3-4-7-17(16)23/h3-4,6-7,9-10,12H,5,8,11,13H2,1-2H3,(H,22,25). The Bertz CT molecular complexity index is 1070. The lowest BCUT2D eigenvalue weighted by Gasteiger charge is -2.29.